The van der Waals surface area contributed by atoms with Crippen molar-refractivity contribution in [2.24, 2.45) is 0 Å². The van der Waals surface area contributed by atoms with E-state index < -0.39 is 11.6 Å². The number of rotatable bonds is 6. The molecule has 1 aromatic carbocycles. The summed E-state index contributed by atoms with van der Waals surface area (Å²) in [4.78, 5) is 14.0. The SMILES string of the molecule is C[C@@H](CCc1ccc(F)c(F)c1)NC(=O)CN1CCOCC1. The van der Waals surface area contributed by atoms with E-state index in [-0.39, 0.29) is 11.9 Å². The van der Waals surface area contributed by atoms with Crippen LogP contribution >= 0.6 is 0 Å². The van der Waals surface area contributed by atoms with Gasteiger partial charge in [-0.15, -0.1) is 0 Å². The van der Waals surface area contributed by atoms with Crippen LogP contribution in [0.25, 0.3) is 0 Å². The molecule has 0 saturated carbocycles. The maximum Gasteiger partial charge on any atom is 0.234 e. The Kier molecular flexibility index (Phi) is 6.27. The molecule has 122 valence electrons. The van der Waals surface area contributed by atoms with E-state index in [9.17, 15) is 13.6 Å². The normalized spacial score (nSPS) is 17.2. The standard InChI is InChI=1S/C16H22F2N2O2/c1-12(2-3-13-4-5-14(17)15(18)10-13)19-16(21)11-20-6-8-22-9-7-20/h4-5,10,12H,2-3,6-9,11H2,1H3,(H,19,21)/t12-/m0/s1. The highest BCUT2D eigenvalue weighted by molar-refractivity contribution is 5.78. The first-order valence-corrected chi connectivity index (χ1v) is 7.58. The highest BCUT2D eigenvalue weighted by Gasteiger charge is 2.15. The number of benzene rings is 1. The van der Waals surface area contributed by atoms with Crippen molar-refractivity contribution in [3.8, 4) is 0 Å². The molecule has 0 unspecified atom stereocenters. The summed E-state index contributed by atoms with van der Waals surface area (Å²) in [5, 5.41) is 2.93. The van der Waals surface area contributed by atoms with E-state index >= 15 is 0 Å². The Balaban J connectivity index is 1.71. The predicted molar refractivity (Wildman–Crippen MR) is 79.5 cm³/mol. The van der Waals surface area contributed by atoms with E-state index in [2.05, 4.69) is 10.2 Å². The van der Waals surface area contributed by atoms with Crippen molar-refractivity contribution in [1.29, 1.82) is 0 Å². The lowest BCUT2D eigenvalue weighted by atomic mass is 10.1. The van der Waals surface area contributed by atoms with Crippen LogP contribution in [-0.2, 0) is 16.0 Å². The van der Waals surface area contributed by atoms with Crippen LogP contribution in [0.15, 0.2) is 18.2 Å². The van der Waals surface area contributed by atoms with Crippen molar-refractivity contribution >= 4 is 5.91 Å². The van der Waals surface area contributed by atoms with Crippen molar-refractivity contribution in [2.45, 2.75) is 25.8 Å². The van der Waals surface area contributed by atoms with Gasteiger partial charge in [0.25, 0.3) is 0 Å². The summed E-state index contributed by atoms with van der Waals surface area (Å²) in [5.41, 5.74) is 0.730. The van der Waals surface area contributed by atoms with Crippen LogP contribution in [0.2, 0.25) is 0 Å². The Morgan fingerprint density at radius 3 is 2.73 bits per heavy atom. The van der Waals surface area contributed by atoms with Gasteiger partial charge in [0.05, 0.1) is 19.8 Å². The molecule has 1 aromatic rings. The Morgan fingerprint density at radius 2 is 2.05 bits per heavy atom. The van der Waals surface area contributed by atoms with Gasteiger partial charge in [0.2, 0.25) is 5.91 Å². The molecule has 0 bridgehead atoms. The van der Waals surface area contributed by atoms with Gasteiger partial charge in [-0.25, -0.2) is 8.78 Å². The molecule has 6 heteroatoms. The van der Waals surface area contributed by atoms with Gasteiger partial charge >= 0.3 is 0 Å². The number of hydrogen-bond donors (Lipinski definition) is 1. The van der Waals surface area contributed by atoms with Crippen molar-refractivity contribution in [2.75, 3.05) is 32.8 Å². The molecule has 0 aliphatic carbocycles. The fraction of sp³-hybridized carbons (Fsp3) is 0.562. The Morgan fingerprint density at radius 1 is 1.32 bits per heavy atom. The van der Waals surface area contributed by atoms with Crippen LogP contribution in [0.5, 0.6) is 0 Å². The van der Waals surface area contributed by atoms with Crippen LogP contribution in [0.1, 0.15) is 18.9 Å². The number of aryl methyl sites for hydroxylation is 1. The number of morpholine rings is 1. The zero-order chi connectivity index (χ0) is 15.9. The Hall–Kier alpha value is -1.53. The van der Waals surface area contributed by atoms with Gasteiger partial charge in [-0.2, -0.15) is 0 Å². The summed E-state index contributed by atoms with van der Waals surface area (Å²) < 4.78 is 31.2. The fourth-order valence-electron chi connectivity index (χ4n) is 2.43. The largest absolute Gasteiger partial charge is 0.379 e. The van der Waals surface area contributed by atoms with Gasteiger partial charge in [-0.3, -0.25) is 9.69 Å². The van der Waals surface area contributed by atoms with Gasteiger partial charge < -0.3 is 10.1 Å². The summed E-state index contributed by atoms with van der Waals surface area (Å²) in [5.74, 6) is -1.68. The zero-order valence-electron chi connectivity index (χ0n) is 12.8. The Bertz CT molecular complexity index is 505. The van der Waals surface area contributed by atoms with Gasteiger partial charge in [-0.1, -0.05) is 6.07 Å². The van der Waals surface area contributed by atoms with Crippen LogP contribution in [0.4, 0.5) is 8.78 Å². The predicted octanol–water partition coefficient (Wildman–Crippen LogP) is 1.73. The minimum atomic E-state index is -0.837. The third-order valence-corrected chi connectivity index (χ3v) is 3.73. The monoisotopic (exact) mass is 312 g/mol. The first kappa shape index (κ1) is 16.8. The van der Waals surface area contributed by atoms with Gasteiger partial charge in [0, 0.05) is 19.1 Å². The number of halogens is 2. The fourth-order valence-corrected chi connectivity index (χ4v) is 2.43. The quantitative estimate of drug-likeness (QED) is 0.870. The van der Waals surface area contributed by atoms with Crippen LogP contribution < -0.4 is 5.32 Å². The average molecular weight is 312 g/mol. The molecule has 1 aliphatic rings. The molecule has 4 nitrogen and oxygen atoms in total. The molecule has 1 saturated heterocycles. The summed E-state index contributed by atoms with van der Waals surface area (Å²) in [7, 11) is 0. The maximum atomic E-state index is 13.1. The van der Waals surface area contributed by atoms with Crippen LogP contribution in [-0.4, -0.2) is 49.7 Å². The number of hydrogen-bond acceptors (Lipinski definition) is 3. The van der Waals surface area contributed by atoms with Crippen molar-refractivity contribution in [3.63, 3.8) is 0 Å². The van der Waals surface area contributed by atoms with E-state index in [0.29, 0.717) is 32.6 Å². The average Bonchev–Trinajstić information content (AvgIpc) is 2.49. The molecule has 0 aromatic heterocycles. The molecule has 22 heavy (non-hydrogen) atoms. The summed E-state index contributed by atoms with van der Waals surface area (Å²) in [6.45, 7) is 5.17. The number of carbonyl (C=O) groups is 1. The lowest BCUT2D eigenvalue weighted by Gasteiger charge is -2.26. The minimum absolute atomic E-state index is 0.0124. The molecule has 1 fully saturated rings. The maximum absolute atomic E-state index is 13.1. The third-order valence-electron chi connectivity index (χ3n) is 3.73. The third kappa shape index (κ3) is 5.35. The number of ether oxygens (including phenoxy) is 1. The van der Waals surface area contributed by atoms with Gasteiger partial charge in [-0.05, 0) is 37.5 Å². The Labute approximate surface area is 129 Å². The smallest absolute Gasteiger partial charge is 0.234 e. The second-order valence-corrected chi connectivity index (χ2v) is 5.64. The first-order valence-electron chi connectivity index (χ1n) is 7.58. The lowest BCUT2D eigenvalue weighted by molar-refractivity contribution is -0.123. The van der Waals surface area contributed by atoms with Crippen LogP contribution in [0, 0.1) is 11.6 Å². The number of carbonyl (C=O) groups excluding carboxylic acids is 1. The van der Waals surface area contributed by atoms with E-state index in [1.165, 1.54) is 6.07 Å². The number of amides is 1. The number of nitrogens with one attached hydrogen (secondary N) is 1. The first-order chi connectivity index (χ1) is 10.5. The number of nitrogens with zero attached hydrogens (tertiary/aromatic N) is 1. The molecule has 1 N–H and O–H groups in total. The van der Waals surface area contributed by atoms with Crippen molar-refractivity contribution in [3.05, 3.63) is 35.4 Å². The summed E-state index contributed by atoms with van der Waals surface area (Å²) >= 11 is 0. The van der Waals surface area contributed by atoms with Crippen molar-refractivity contribution < 1.29 is 18.3 Å². The zero-order valence-corrected chi connectivity index (χ0v) is 12.8. The molecule has 0 radical (unpaired) electrons. The van der Waals surface area contributed by atoms with E-state index in [1.807, 2.05) is 6.92 Å². The lowest BCUT2D eigenvalue weighted by Crippen LogP contribution is -2.45. The van der Waals surface area contributed by atoms with Crippen molar-refractivity contribution in [1.82, 2.24) is 10.2 Å². The van der Waals surface area contributed by atoms with Gasteiger partial charge in [0.1, 0.15) is 0 Å². The van der Waals surface area contributed by atoms with E-state index in [4.69, 9.17) is 4.74 Å². The highest BCUT2D eigenvalue weighted by atomic mass is 19.2. The molecular formula is C16H22F2N2O2. The summed E-state index contributed by atoms with van der Waals surface area (Å²) in [6, 6.07) is 3.90. The molecule has 1 heterocycles. The molecule has 2 rings (SSSR count). The minimum Gasteiger partial charge on any atom is -0.379 e. The topological polar surface area (TPSA) is 41.6 Å². The molecule has 0 spiro atoms. The summed E-state index contributed by atoms with van der Waals surface area (Å²) in [6.07, 6.45) is 1.27. The second-order valence-electron chi connectivity index (χ2n) is 5.64. The van der Waals surface area contributed by atoms with E-state index in [1.54, 1.807) is 6.07 Å². The molecule has 1 atom stereocenters. The van der Waals surface area contributed by atoms with Gasteiger partial charge in [0.15, 0.2) is 11.6 Å². The second kappa shape index (κ2) is 8.19. The van der Waals surface area contributed by atoms with Crippen LogP contribution in [0.3, 0.4) is 0 Å². The van der Waals surface area contributed by atoms with E-state index in [0.717, 1.165) is 24.7 Å². The molecule has 1 amide bonds. The molecular weight excluding hydrogens is 290 g/mol. The highest BCUT2D eigenvalue weighted by Crippen LogP contribution is 2.11. The molecule has 1 aliphatic heterocycles.